The van der Waals surface area contributed by atoms with Crippen molar-refractivity contribution < 1.29 is 18.9 Å². The number of para-hydroxylation sites is 4. The smallest absolute Gasteiger partial charge is 0.152 e. The lowest BCUT2D eigenvalue weighted by Crippen LogP contribution is -2.15. The number of nitrogens with zero attached hydrogens (tertiary/aromatic N) is 2. The van der Waals surface area contributed by atoms with Crippen LogP contribution in [0.2, 0.25) is 0 Å². The summed E-state index contributed by atoms with van der Waals surface area (Å²) in [4.78, 5) is 4.60. The first kappa shape index (κ1) is 37.8. The highest BCUT2D eigenvalue weighted by molar-refractivity contribution is 6.21. The average molecular weight is 853 g/mol. The van der Waals surface area contributed by atoms with Gasteiger partial charge < -0.3 is 28.7 Å². The van der Waals surface area contributed by atoms with Crippen molar-refractivity contribution in [1.82, 2.24) is 0 Å². The Kier molecular flexibility index (Phi) is 8.55. The molecular formula is C60H40N2O4. The lowest BCUT2D eigenvalue weighted by molar-refractivity contribution is 0.415. The Bertz CT molecular complexity index is 3480. The van der Waals surface area contributed by atoms with Gasteiger partial charge in [0.2, 0.25) is 0 Å². The van der Waals surface area contributed by atoms with Crippen LogP contribution < -0.4 is 28.7 Å². The lowest BCUT2D eigenvalue weighted by Gasteiger charge is -2.33. The van der Waals surface area contributed by atoms with Gasteiger partial charge in [-0.3, -0.25) is 0 Å². The molecule has 2 aliphatic rings. The molecule has 11 aromatic carbocycles. The molecule has 0 aromatic heterocycles. The van der Waals surface area contributed by atoms with Crippen molar-refractivity contribution in [3.8, 4) is 56.8 Å². The van der Waals surface area contributed by atoms with Crippen LogP contribution in [0.5, 0.6) is 34.5 Å². The summed E-state index contributed by atoms with van der Waals surface area (Å²) >= 11 is 0. The molecule has 314 valence electrons. The van der Waals surface area contributed by atoms with Crippen molar-refractivity contribution in [2.45, 2.75) is 0 Å². The minimum atomic E-state index is 0.793. The molecule has 0 N–H and O–H groups in total. The monoisotopic (exact) mass is 852 g/mol. The third-order valence-corrected chi connectivity index (χ3v) is 13.1. The van der Waals surface area contributed by atoms with E-state index in [1.165, 1.54) is 0 Å². The summed E-state index contributed by atoms with van der Waals surface area (Å²) in [6.45, 7) is 0. The second-order valence-electron chi connectivity index (χ2n) is 16.8. The molecule has 2 aliphatic heterocycles. The van der Waals surface area contributed by atoms with Crippen LogP contribution in [-0.2, 0) is 0 Å². The largest absolute Gasteiger partial charge is 0.497 e. The standard InChI is InChI=1S/C60H40N2O4/c1-63-45-27-21-37-31-43(25-19-39(37)33-45)61-51-15-7-9-17-55(51)65-57-35-41(23-29-53(57)61)59-47-11-3-5-13-49(47)60(50-14-6-4-12-48(50)59)42-24-30-54-58(36-42)66-56-18-10-8-16-52(56)62(54)44-26-20-40-34-46(64-2)28-22-38(40)32-44/h3-36H,1-2H3. The molecule has 0 fully saturated rings. The molecule has 0 spiro atoms. The zero-order chi connectivity index (χ0) is 43.9. The first-order valence-corrected chi connectivity index (χ1v) is 22.1. The van der Waals surface area contributed by atoms with Crippen LogP contribution in [0.25, 0.3) is 65.3 Å². The van der Waals surface area contributed by atoms with Crippen molar-refractivity contribution >= 4 is 77.2 Å². The highest BCUT2D eigenvalue weighted by Gasteiger charge is 2.29. The number of benzene rings is 11. The maximum absolute atomic E-state index is 6.79. The number of anilines is 6. The molecule has 66 heavy (non-hydrogen) atoms. The number of hydrogen-bond acceptors (Lipinski definition) is 6. The maximum Gasteiger partial charge on any atom is 0.152 e. The fourth-order valence-electron chi connectivity index (χ4n) is 10.1. The fourth-order valence-corrected chi connectivity index (χ4v) is 10.1. The van der Waals surface area contributed by atoms with Gasteiger partial charge in [0.25, 0.3) is 0 Å². The van der Waals surface area contributed by atoms with Gasteiger partial charge in [-0.05, 0) is 162 Å². The summed E-state index contributed by atoms with van der Waals surface area (Å²) in [6.07, 6.45) is 0. The molecule has 6 nitrogen and oxygen atoms in total. The van der Waals surface area contributed by atoms with E-state index in [2.05, 4.69) is 180 Å². The van der Waals surface area contributed by atoms with Crippen LogP contribution in [0.15, 0.2) is 206 Å². The molecular weight excluding hydrogens is 813 g/mol. The van der Waals surface area contributed by atoms with Crippen LogP contribution in [0.1, 0.15) is 0 Å². The maximum atomic E-state index is 6.79. The second-order valence-corrected chi connectivity index (χ2v) is 16.8. The Hall–Kier alpha value is -8.74. The summed E-state index contributed by atoms with van der Waals surface area (Å²) in [5.74, 6) is 4.88. The average Bonchev–Trinajstić information content (AvgIpc) is 3.37. The summed E-state index contributed by atoms with van der Waals surface area (Å²) in [7, 11) is 3.41. The molecule has 0 amide bonds. The molecule has 0 aliphatic carbocycles. The molecule has 0 bridgehead atoms. The fraction of sp³-hybridized carbons (Fsp3) is 0.0333. The van der Waals surface area contributed by atoms with E-state index in [1.54, 1.807) is 14.2 Å². The van der Waals surface area contributed by atoms with E-state index in [9.17, 15) is 0 Å². The van der Waals surface area contributed by atoms with Gasteiger partial charge in [-0.25, -0.2) is 0 Å². The van der Waals surface area contributed by atoms with Crippen molar-refractivity contribution in [3.05, 3.63) is 206 Å². The van der Waals surface area contributed by atoms with E-state index in [-0.39, 0.29) is 0 Å². The Labute approximate surface area is 381 Å². The number of fused-ring (bicyclic) bond motifs is 8. The van der Waals surface area contributed by atoms with Gasteiger partial charge in [-0.2, -0.15) is 0 Å². The van der Waals surface area contributed by atoms with E-state index in [0.717, 1.165) is 134 Å². The molecule has 0 saturated carbocycles. The summed E-state index contributed by atoms with van der Waals surface area (Å²) < 4.78 is 24.6. The Balaban J connectivity index is 0.947. The van der Waals surface area contributed by atoms with Crippen molar-refractivity contribution in [3.63, 3.8) is 0 Å². The normalized spacial score (nSPS) is 12.6. The van der Waals surface area contributed by atoms with Gasteiger partial charge in [0.05, 0.1) is 37.0 Å². The van der Waals surface area contributed by atoms with E-state index < -0.39 is 0 Å². The van der Waals surface area contributed by atoms with Crippen molar-refractivity contribution in [2.75, 3.05) is 24.0 Å². The minimum absolute atomic E-state index is 0.793. The highest BCUT2D eigenvalue weighted by atomic mass is 16.5. The molecule has 0 radical (unpaired) electrons. The Morgan fingerprint density at radius 3 is 1.11 bits per heavy atom. The lowest BCUT2D eigenvalue weighted by atomic mass is 9.85. The van der Waals surface area contributed by atoms with Crippen molar-refractivity contribution in [1.29, 1.82) is 0 Å². The number of ether oxygens (including phenoxy) is 4. The van der Waals surface area contributed by atoms with Gasteiger partial charge in [-0.1, -0.05) is 109 Å². The molecule has 0 saturated heterocycles. The van der Waals surface area contributed by atoms with Crippen LogP contribution in [0.3, 0.4) is 0 Å². The van der Waals surface area contributed by atoms with E-state index in [1.807, 2.05) is 36.4 Å². The van der Waals surface area contributed by atoms with E-state index in [0.29, 0.717) is 0 Å². The van der Waals surface area contributed by atoms with Gasteiger partial charge >= 0.3 is 0 Å². The third-order valence-electron chi connectivity index (χ3n) is 13.1. The van der Waals surface area contributed by atoms with Crippen LogP contribution in [-0.4, -0.2) is 14.2 Å². The molecule has 0 atom stereocenters. The number of rotatable bonds is 6. The van der Waals surface area contributed by atoms with E-state index in [4.69, 9.17) is 18.9 Å². The molecule has 6 heteroatoms. The highest BCUT2D eigenvalue weighted by Crippen LogP contribution is 2.55. The zero-order valence-electron chi connectivity index (χ0n) is 36.2. The topological polar surface area (TPSA) is 43.4 Å². The molecule has 0 unspecified atom stereocenters. The van der Waals surface area contributed by atoms with Crippen LogP contribution >= 0.6 is 0 Å². The number of methoxy groups -OCH3 is 2. The van der Waals surface area contributed by atoms with Gasteiger partial charge in [-0.15, -0.1) is 0 Å². The SMILES string of the molecule is COc1ccc2cc(N3c4ccccc4Oc4cc(-c5c6ccccc6c(-c6ccc7c(c6)Oc6ccccc6N7c6ccc7cc(OC)ccc7c6)c6ccccc56)ccc43)ccc2c1. The summed E-state index contributed by atoms with van der Waals surface area (Å²) in [5, 5.41) is 9.13. The predicted octanol–water partition coefficient (Wildman–Crippen LogP) is 16.8. The first-order chi connectivity index (χ1) is 32.6. The summed E-state index contributed by atoms with van der Waals surface area (Å²) in [5.41, 5.74) is 10.5. The van der Waals surface area contributed by atoms with Crippen LogP contribution in [0.4, 0.5) is 34.1 Å². The Morgan fingerprint density at radius 1 is 0.318 bits per heavy atom. The Morgan fingerprint density at radius 2 is 0.682 bits per heavy atom. The summed E-state index contributed by atoms with van der Waals surface area (Å²) in [6, 6.07) is 72.9. The number of hydrogen-bond donors (Lipinski definition) is 0. The second kappa shape index (κ2) is 14.9. The van der Waals surface area contributed by atoms with Gasteiger partial charge in [0, 0.05) is 11.4 Å². The molecule has 11 aromatic rings. The third kappa shape index (κ3) is 5.96. The van der Waals surface area contributed by atoms with Crippen LogP contribution in [0, 0.1) is 0 Å². The quantitative estimate of drug-likeness (QED) is 0.155. The minimum Gasteiger partial charge on any atom is -0.497 e. The van der Waals surface area contributed by atoms with Gasteiger partial charge in [0.15, 0.2) is 23.0 Å². The van der Waals surface area contributed by atoms with E-state index >= 15 is 0 Å². The first-order valence-electron chi connectivity index (χ1n) is 22.1. The van der Waals surface area contributed by atoms with Gasteiger partial charge in [0.1, 0.15) is 11.5 Å². The molecule has 13 rings (SSSR count). The molecule has 2 heterocycles. The van der Waals surface area contributed by atoms with Crippen molar-refractivity contribution in [2.24, 2.45) is 0 Å². The zero-order valence-corrected chi connectivity index (χ0v) is 36.2. The predicted molar refractivity (Wildman–Crippen MR) is 270 cm³/mol.